The molecular formula is C25H26ClN3O3. The second kappa shape index (κ2) is 7.85. The standard InChI is InChI=1S/C25H26ClN3O3/c1-15-4-5-16(2)20(12-15)27-8-10-28(11-9-27)25(31)18-14-29-13-17(3)32-21-7-6-19(26)22(23(21)29)24(18)30/h4-7,12,14,17H,8-11,13H2,1-3H3. The van der Waals surface area contributed by atoms with Crippen molar-refractivity contribution in [3.63, 3.8) is 0 Å². The number of carbonyl (C=O) groups is 1. The maximum atomic E-state index is 13.4. The fraction of sp³-hybridized carbons (Fsp3) is 0.360. The van der Waals surface area contributed by atoms with Crippen LogP contribution in [0.2, 0.25) is 5.02 Å². The van der Waals surface area contributed by atoms with Crippen LogP contribution in [0.4, 0.5) is 5.69 Å². The normalized spacial score (nSPS) is 18.1. The summed E-state index contributed by atoms with van der Waals surface area (Å²) in [5.41, 5.74) is 4.16. The topological polar surface area (TPSA) is 54.8 Å². The molecule has 0 spiro atoms. The molecule has 2 aromatic carbocycles. The van der Waals surface area contributed by atoms with Crippen molar-refractivity contribution >= 4 is 34.1 Å². The van der Waals surface area contributed by atoms with E-state index >= 15 is 0 Å². The van der Waals surface area contributed by atoms with E-state index in [0.29, 0.717) is 41.3 Å². The van der Waals surface area contributed by atoms with Crippen molar-refractivity contribution < 1.29 is 9.53 Å². The van der Waals surface area contributed by atoms with E-state index in [1.807, 2.05) is 11.5 Å². The number of aromatic nitrogens is 1. The molecule has 3 heterocycles. The molecule has 0 aliphatic carbocycles. The Kier molecular flexibility index (Phi) is 5.13. The maximum absolute atomic E-state index is 13.4. The zero-order valence-electron chi connectivity index (χ0n) is 18.5. The van der Waals surface area contributed by atoms with E-state index in [2.05, 4.69) is 36.9 Å². The Morgan fingerprint density at radius 1 is 1.09 bits per heavy atom. The summed E-state index contributed by atoms with van der Waals surface area (Å²) in [7, 11) is 0. The van der Waals surface area contributed by atoms with Gasteiger partial charge in [-0.05, 0) is 50.1 Å². The van der Waals surface area contributed by atoms with E-state index < -0.39 is 0 Å². The van der Waals surface area contributed by atoms with Crippen molar-refractivity contribution in [2.75, 3.05) is 31.1 Å². The van der Waals surface area contributed by atoms with Crippen LogP contribution in [-0.2, 0) is 6.54 Å². The SMILES string of the molecule is Cc1ccc(C)c(N2CCN(C(=O)c3cn4c5c(ccc(Cl)c5c3=O)OC(C)C4)CC2)c1. The first-order chi connectivity index (χ1) is 15.3. The largest absolute Gasteiger partial charge is 0.487 e. The van der Waals surface area contributed by atoms with E-state index in [-0.39, 0.29) is 23.0 Å². The van der Waals surface area contributed by atoms with Gasteiger partial charge >= 0.3 is 0 Å². The highest BCUT2D eigenvalue weighted by molar-refractivity contribution is 6.35. The molecule has 1 atom stereocenters. The number of rotatable bonds is 2. The molecule has 2 aliphatic heterocycles. The number of hydrogen-bond donors (Lipinski definition) is 0. The zero-order valence-corrected chi connectivity index (χ0v) is 19.3. The Balaban J connectivity index is 1.45. The molecule has 5 rings (SSSR count). The molecule has 0 radical (unpaired) electrons. The first kappa shape index (κ1) is 20.9. The number of amides is 1. The number of piperazine rings is 1. The molecule has 32 heavy (non-hydrogen) atoms. The van der Waals surface area contributed by atoms with Crippen LogP contribution in [0.25, 0.3) is 10.9 Å². The number of anilines is 1. The lowest BCUT2D eigenvalue weighted by molar-refractivity contribution is 0.0744. The van der Waals surface area contributed by atoms with Gasteiger partial charge in [0.2, 0.25) is 5.43 Å². The van der Waals surface area contributed by atoms with Crippen molar-refractivity contribution in [2.45, 2.75) is 33.4 Å². The van der Waals surface area contributed by atoms with Gasteiger partial charge in [0, 0.05) is 38.1 Å². The van der Waals surface area contributed by atoms with Crippen molar-refractivity contribution in [2.24, 2.45) is 0 Å². The highest BCUT2D eigenvalue weighted by Crippen LogP contribution is 2.33. The van der Waals surface area contributed by atoms with Gasteiger partial charge in [0.1, 0.15) is 17.4 Å². The predicted octanol–water partition coefficient (Wildman–Crippen LogP) is 4.02. The summed E-state index contributed by atoms with van der Waals surface area (Å²) in [4.78, 5) is 30.8. The Morgan fingerprint density at radius 3 is 2.59 bits per heavy atom. The smallest absolute Gasteiger partial charge is 0.259 e. The highest BCUT2D eigenvalue weighted by Gasteiger charge is 2.28. The summed E-state index contributed by atoms with van der Waals surface area (Å²) < 4.78 is 7.82. The fourth-order valence-corrected chi connectivity index (χ4v) is 5.00. The fourth-order valence-electron chi connectivity index (χ4n) is 4.77. The van der Waals surface area contributed by atoms with Gasteiger partial charge < -0.3 is 19.1 Å². The molecule has 0 bridgehead atoms. The van der Waals surface area contributed by atoms with Crippen molar-refractivity contribution in [3.8, 4) is 5.75 Å². The summed E-state index contributed by atoms with van der Waals surface area (Å²) in [6, 6.07) is 9.88. The predicted molar refractivity (Wildman–Crippen MR) is 127 cm³/mol. The Morgan fingerprint density at radius 2 is 1.84 bits per heavy atom. The number of carbonyl (C=O) groups excluding carboxylic acids is 1. The van der Waals surface area contributed by atoms with Gasteiger partial charge in [0.05, 0.1) is 22.5 Å². The second-order valence-electron chi connectivity index (χ2n) is 8.79. The molecule has 2 aliphatic rings. The highest BCUT2D eigenvalue weighted by atomic mass is 35.5. The lowest BCUT2D eigenvalue weighted by Crippen LogP contribution is -2.50. The molecule has 0 saturated carbocycles. The Hall–Kier alpha value is -2.99. The van der Waals surface area contributed by atoms with E-state index in [0.717, 1.165) is 13.1 Å². The number of hydrogen-bond acceptors (Lipinski definition) is 4. The number of benzene rings is 2. The summed E-state index contributed by atoms with van der Waals surface area (Å²) >= 11 is 6.40. The molecule has 7 heteroatoms. The third-order valence-corrected chi connectivity index (χ3v) is 6.73. The summed E-state index contributed by atoms with van der Waals surface area (Å²) in [5.74, 6) is 0.392. The van der Waals surface area contributed by atoms with Crippen LogP contribution < -0.4 is 15.1 Å². The molecule has 3 aromatic rings. The molecule has 1 saturated heterocycles. The Bertz CT molecular complexity index is 1290. The zero-order chi connectivity index (χ0) is 22.6. The van der Waals surface area contributed by atoms with Gasteiger partial charge in [0.25, 0.3) is 5.91 Å². The quantitative estimate of drug-likeness (QED) is 0.590. The van der Waals surface area contributed by atoms with Crippen LogP contribution in [-0.4, -0.2) is 47.7 Å². The third kappa shape index (κ3) is 3.43. The first-order valence-corrected chi connectivity index (χ1v) is 11.3. The van der Waals surface area contributed by atoms with E-state index in [4.69, 9.17) is 16.3 Å². The van der Waals surface area contributed by atoms with Gasteiger partial charge in [-0.15, -0.1) is 0 Å². The first-order valence-electron chi connectivity index (χ1n) is 11.0. The molecular weight excluding hydrogens is 426 g/mol. The van der Waals surface area contributed by atoms with Crippen molar-refractivity contribution in [3.05, 3.63) is 68.5 Å². The van der Waals surface area contributed by atoms with Gasteiger partial charge in [0.15, 0.2) is 0 Å². The van der Waals surface area contributed by atoms with Crippen LogP contribution in [0.1, 0.15) is 28.4 Å². The minimum absolute atomic E-state index is 0.0570. The van der Waals surface area contributed by atoms with Gasteiger partial charge in [-0.25, -0.2) is 0 Å². The van der Waals surface area contributed by atoms with E-state index in [1.165, 1.54) is 16.8 Å². The summed E-state index contributed by atoms with van der Waals surface area (Å²) in [6.07, 6.45) is 1.63. The number of pyridine rings is 1. The molecule has 1 unspecified atom stereocenters. The number of nitrogens with zero attached hydrogens (tertiary/aromatic N) is 3. The van der Waals surface area contributed by atoms with Gasteiger partial charge in [-0.2, -0.15) is 0 Å². The molecule has 166 valence electrons. The van der Waals surface area contributed by atoms with Gasteiger partial charge in [-0.3, -0.25) is 9.59 Å². The van der Waals surface area contributed by atoms with E-state index in [1.54, 1.807) is 23.2 Å². The molecule has 1 aromatic heterocycles. The van der Waals surface area contributed by atoms with Crippen LogP contribution in [0.5, 0.6) is 5.75 Å². The monoisotopic (exact) mass is 451 g/mol. The minimum atomic E-state index is -0.330. The third-order valence-electron chi connectivity index (χ3n) is 6.42. The lowest BCUT2D eigenvalue weighted by Gasteiger charge is -2.37. The summed E-state index contributed by atoms with van der Waals surface area (Å²) in [6.45, 7) is 9.32. The average Bonchev–Trinajstić information content (AvgIpc) is 2.78. The van der Waals surface area contributed by atoms with Crippen LogP contribution in [0.15, 0.2) is 41.3 Å². The Labute approximate surface area is 191 Å². The lowest BCUT2D eigenvalue weighted by atomic mass is 10.1. The van der Waals surface area contributed by atoms with E-state index in [9.17, 15) is 9.59 Å². The van der Waals surface area contributed by atoms with Crippen LogP contribution in [0.3, 0.4) is 0 Å². The number of aryl methyl sites for hydroxylation is 2. The van der Waals surface area contributed by atoms with Gasteiger partial charge in [-0.1, -0.05) is 23.7 Å². The summed E-state index contributed by atoms with van der Waals surface area (Å²) in [5, 5.41) is 0.700. The molecule has 6 nitrogen and oxygen atoms in total. The molecule has 0 N–H and O–H groups in total. The van der Waals surface area contributed by atoms with Crippen molar-refractivity contribution in [1.29, 1.82) is 0 Å². The number of ether oxygens (including phenoxy) is 1. The van der Waals surface area contributed by atoms with Crippen LogP contribution in [0, 0.1) is 13.8 Å². The minimum Gasteiger partial charge on any atom is -0.487 e. The number of halogens is 1. The average molecular weight is 452 g/mol. The van der Waals surface area contributed by atoms with Crippen LogP contribution >= 0.6 is 11.6 Å². The molecule has 1 fully saturated rings. The molecule has 1 amide bonds. The second-order valence-corrected chi connectivity index (χ2v) is 9.20. The van der Waals surface area contributed by atoms with Crippen molar-refractivity contribution in [1.82, 2.24) is 9.47 Å². The maximum Gasteiger partial charge on any atom is 0.259 e.